The van der Waals surface area contributed by atoms with Crippen molar-refractivity contribution in [3.8, 4) is 0 Å². The van der Waals surface area contributed by atoms with Crippen LogP contribution in [0, 0.1) is 0 Å². The molecule has 1 amide bonds. The third-order valence-electron chi connectivity index (χ3n) is 2.23. The summed E-state index contributed by atoms with van der Waals surface area (Å²) >= 11 is 1.73. The lowest BCUT2D eigenvalue weighted by molar-refractivity contribution is -0.141. The molecule has 98 valence electrons. The number of hydrogen-bond acceptors (Lipinski definition) is 4. The van der Waals surface area contributed by atoms with Crippen LogP contribution in [0.15, 0.2) is 24.3 Å². The van der Waals surface area contributed by atoms with Gasteiger partial charge in [0, 0.05) is 11.3 Å². The van der Waals surface area contributed by atoms with Gasteiger partial charge in [-0.1, -0.05) is 12.1 Å². The molecule has 0 spiro atoms. The number of thioether (sulfide) groups is 1. The molecule has 0 aliphatic rings. The average molecular weight is 267 g/mol. The van der Waals surface area contributed by atoms with Crippen LogP contribution in [0.2, 0.25) is 0 Å². The summed E-state index contributed by atoms with van der Waals surface area (Å²) in [6.45, 7) is 1.95. The highest BCUT2D eigenvalue weighted by Crippen LogP contribution is 2.10. The number of benzene rings is 1. The van der Waals surface area contributed by atoms with E-state index in [4.69, 9.17) is 4.74 Å². The van der Waals surface area contributed by atoms with Crippen LogP contribution in [0.4, 0.5) is 0 Å². The van der Waals surface area contributed by atoms with Crippen molar-refractivity contribution in [1.82, 2.24) is 5.32 Å². The fourth-order valence-electron chi connectivity index (χ4n) is 1.39. The average Bonchev–Trinajstić information content (AvgIpc) is 2.37. The Morgan fingerprint density at radius 3 is 2.50 bits per heavy atom. The lowest BCUT2D eigenvalue weighted by Crippen LogP contribution is -2.30. The third kappa shape index (κ3) is 4.79. The largest absolute Gasteiger partial charge is 0.465 e. The van der Waals surface area contributed by atoms with E-state index in [2.05, 4.69) is 5.32 Å². The Hall–Kier alpha value is -1.49. The van der Waals surface area contributed by atoms with E-state index >= 15 is 0 Å². The minimum atomic E-state index is -0.426. The predicted octanol–water partition coefficient (Wildman–Crippen LogP) is 1.84. The zero-order valence-corrected chi connectivity index (χ0v) is 11.4. The first kappa shape index (κ1) is 14.6. The van der Waals surface area contributed by atoms with Gasteiger partial charge in [-0.2, -0.15) is 11.8 Å². The Kier molecular flexibility index (Phi) is 6.28. The van der Waals surface area contributed by atoms with Gasteiger partial charge in [0.15, 0.2) is 0 Å². The van der Waals surface area contributed by atoms with Crippen molar-refractivity contribution in [2.24, 2.45) is 0 Å². The molecule has 0 fully saturated rings. The summed E-state index contributed by atoms with van der Waals surface area (Å²) in [7, 11) is 0. The van der Waals surface area contributed by atoms with E-state index in [1.807, 2.05) is 18.4 Å². The molecule has 1 aromatic rings. The maximum Gasteiger partial charge on any atom is 0.325 e. The molecule has 18 heavy (non-hydrogen) atoms. The van der Waals surface area contributed by atoms with Crippen LogP contribution in [0.3, 0.4) is 0 Å². The van der Waals surface area contributed by atoms with Crippen molar-refractivity contribution in [1.29, 1.82) is 0 Å². The zero-order valence-electron chi connectivity index (χ0n) is 10.6. The van der Waals surface area contributed by atoms with Crippen LogP contribution >= 0.6 is 11.8 Å². The molecular weight excluding hydrogens is 250 g/mol. The Bertz CT molecular complexity index is 403. The molecule has 0 bridgehead atoms. The minimum absolute atomic E-state index is 0.0980. The van der Waals surface area contributed by atoms with Gasteiger partial charge in [-0.25, -0.2) is 0 Å². The van der Waals surface area contributed by atoms with E-state index in [9.17, 15) is 9.59 Å². The number of carbonyl (C=O) groups excluding carboxylic acids is 2. The minimum Gasteiger partial charge on any atom is -0.465 e. The van der Waals surface area contributed by atoms with Crippen LogP contribution in [-0.4, -0.2) is 31.3 Å². The van der Waals surface area contributed by atoms with Gasteiger partial charge in [0.25, 0.3) is 5.91 Å². The predicted molar refractivity (Wildman–Crippen MR) is 72.6 cm³/mol. The Morgan fingerprint density at radius 2 is 1.94 bits per heavy atom. The maximum absolute atomic E-state index is 11.7. The van der Waals surface area contributed by atoms with Gasteiger partial charge in [0.1, 0.15) is 6.54 Å². The highest BCUT2D eigenvalue weighted by atomic mass is 32.2. The summed E-state index contributed by atoms with van der Waals surface area (Å²) in [6, 6.07) is 7.34. The SMILES string of the molecule is CCOC(=O)CNC(=O)c1ccc(CSC)cc1. The molecule has 5 heteroatoms. The summed E-state index contributed by atoms with van der Waals surface area (Å²) in [5.41, 5.74) is 1.72. The molecule has 1 aromatic carbocycles. The Labute approximate surface area is 111 Å². The molecular formula is C13H17NO3S. The quantitative estimate of drug-likeness (QED) is 0.799. The molecule has 0 saturated heterocycles. The summed E-state index contributed by atoms with van der Waals surface area (Å²) < 4.78 is 4.72. The Morgan fingerprint density at radius 1 is 1.28 bits per heavy atom. The van der Waals surface area contributed by atoms with Gasteiger partial charge in [0.2, 0.25) is 0 Å². The summed E-state index contributed by atoms with van der Waals surface area (Å²) in [5, 5.41) is 2.52. The highest BCUT2D eigenvalue weighted by Gasteiger charge is 2.08. The standard InChI is InChI=1S/C13H17NO3S/c1-3-17-12(15)8-14-13(16)11-6-4-10(5-7-11)9-18-2/h4-7H,3,8-9H2,1-2H3,(H,14,16). The summed E-state index contributed by atoms with van der Waals surface area (Å²) in [4.78, 5) is 22.8. The van der Waals surface area contributed by atoms with Crippen molar-refractivity contribution < 1.29 is 14.3 Å². The normalized spacial score (nSPS) is 9.89. The monoisotopic (exact) mass is 267 g/mol. The number of nitrogens with one attached hydrogen (secondary N) is 1. The molecule has 0 radical (unpaired) electrons. The zero-order chi connectivity index (χ0) is 13.4. The van der Waals surface area contributed by atoms with Crippen LogP contribution in [0.1, 0.15) is 22.8 Å². The number of hydrogen-bond donors (Lipinski definition) is 1. The highest BCUT2D eigenvalue weighted by molar-refractivity contribution is 7.97. The molecule has 1 rings (SSSR count). The van der Waals surface area contributed by atoms with Crippen molar-refractivity contribution >= 4 is 23.6 Å². The number of carbonyl (C=O) groups is 2. The van der Waals surface area contributed by atoms with Crippen molar-refractivity contribution in [2.75, 3.05) is 19.4 Å². The van der Waals surface area contributed by atoms with Gasteiger partial charge in [0.05, 0.1) is 6.61 Å². The van der Waals surface area contributed by atoms with E-state index in [0.29, 0.717) is 12.2 Å². The first-order chi connectivity index (χ1) is 8.67. The van der Waals surface area contributed by atoms with Crippen LogP contribution in [0.5, 0.6) is 0 Å². The van der Waals surface area contributed by atoms with Gasteiger partial charge in [-0.15, -0.1) is 0 Å². The van der Waals surface area contributed by atoms with Gasteiger partial charge >= 0.3 is 5.97 Å². The van der Waals surface area contributed by atoms with Crippen molar-refractivity contribution in [3.05, 3.63) is 35.4 Å². The summed E-state index contributed by atoms with van der Waals surface area (Å²) in [5.74, 6) is 0.230. The van der Waals surface area contributed by atoms with E-state index in [1.54, 1.807) is 30.8 Å². The fourth-order valence-corrected chi connectivity index (χ4v) is 1.91. The first-order valence-electron chi connectivity index (χ1n) is 5.69. The van der Waals surface area contributed by atoms with Gasteiger partial charge < -0.3 is 10.1 Å². The topological polar surface area (TPSA) is 55.4 Å². The second-order valence-electron chi connectivity index (χ2n) is 3.62. The molecule has 0 aliphatic carbocycles. The van der Waals surface area contributed by atoms with E-state index in [0.717, 1.165) is 5.75 Å². The van der Waals surface area contributed by atoms with Crippen LogP contribution < -0.4 is 5.32 Å². The fraction of sp³-hybridized carbons (Fsp3) is 0.385. The molecule has 1 N–H and O–H groups in total. The number of esters is 1. The van der Waals surface area contributed by atoms with E-state index < -0.39 is 5.97 Å². The lowest BCUT2D eigenvalue weighted by atomic mass is 10.1. The molecule has 0 heterocycles. The molecule has 4 nitrogen and oxygen atoms in total. The van der Waals surface area contributed by atoms with Crippen molar-refractivity contribution in [2.45, 2.75) is 12.7 Å². The first-order valence-corrected chi connectivity index (χ1v) is 7.08. The van der Waals surface area contributed by atoms with Gasteiger partial charge in [-0.05, 0) is 30.9 Å². The van der Waals surface area contributed by atoms with Gasteiger partial charge in [-0.3, -0.25) is 9.59 Å². The van der Waals surface area contributed by atoms with Crippen LogP contribution in [0.25, 0.3) is 0 Å². The second-order valence-corrected chi connectivity index (χ2v) is 4.48. The van der Waals surface area contributed by atoms with E-state index in [1.165, 1.54) is 5.56 Å². The molecule has 0 aromatic heterocycles. The van der Waals surface area contributed by atoms with Crippen molar-refractivity contribution in [3.63, 3.8) is 0 Å². The molecule has 0 unspecified atom stereocenters. The third-order valence-corrected chi connectivity index (χ3v) is 2.85. The molecule has 0 aliphatic heterocycles. The number of rotatable bonds is 6. The summed E-state index contributed by atoms with van der Waals surface area (Å²) in [6.07, 6.45) is 2.03. The molecule has 0 saturated carbocycles. The van der Waals surface area contributed by atoms with Crippen LogP contribution in [-0.2, 0) is 15.3 Å². The smallest absolute Gasteiger partial charge is 0.325 e. The molecule has 0 atom stereocenters. The van der Waals surface area contributed by atoms with E-state index in [-0.39, 0.29) is 12.5 Å². The number of ether oxygens (including phenoxy) is 1. The number of amides is 1. The second kappa shape index (κ2) is 7.76. The lowest BCUT2D eigenvalue weighted by Gasteiger charge is -2.05. The Balaban J connectivity index is 2.48. The maximum atomic E-state index is 11.7.